The Labute approximate surface area is 294 Å². The van der Waals surface area contributed by atoms with Crippen molar-refractivity contribution in [2.24, 2.45) is 16.0 Å². The molecule has 16 nitrogen and oxygen atoms in total. The fourth-order valence-corrected chi connectivity index (χ4v) is 7.07. The van der Waals surface area contributed by atoms with Crippen molar-refractivity contribution in [3.05, 3.63) is 0 Å². The van der Waals surface area contributed by atoms with Crippen LogP contribution in [0.15, 0.2) is 10.2 Å². The second kappa shape index (κ2) is 23.8. The van der Waals surface area contributed by atoms with Gasteiger partial charge in [-0.3, -0.25) is 14.4 Å². The zero-order valence-corrected chi connectivity index (χ0v) is 29.8. The minimum Gasteiger partial charge on any atom is -0.379 e. The third kappa shape index (κ3) is 17.8. The van der Waals surface area contributed by atoms with Gasteiger partial charge in [-0.2, -0.15) is 22.0 Å². The van der Waals surface area contributed by atoms with Gasteiger partial charge in [-0.1, -0.05) is 6.42 Å². The number of unbranched alkanes of at least 4 members (excludes halogenated alkanes) is 2. The fourth-order valence-electron chi connectivity index (χ4n) is 5.52. The van der Waals surface area contributed by atoms with Gasteiger partial charge in [0.1, 0.15) is 6.04 Å². The Morgan fingerprint density at radius 3 is 2.24 bits per heavy atom. The monoisotopic (exact) mass is 714 g/mol. The van der Waals surface area contributed by atoms with Crippen LogP contribution in [0.25, 0.3) is 0 Å². The van der Waals surface area contributed by atoms with E-state index in [0.29, 0.717) is 84.0 Å². The number of carbonyl (C=O) groups excluding carboxylic acids is 4. The lowest BCUT2D eigenvalue weighted by Gasteiger charge is -2.18. The van der Waals surface area contributed by atoms with Gasteiger partial charge in [0, 0.05) is 36.9 Å². The van der Waals surface area contributed by atoms with E-state index in [1.807, 2.05) is 18.7 Å². The Balaban J connectivity index is 1.05. The Bertz CT molecular complexity index is 1040. The molecular weight excluding hydrogens is 656 g/mol. The molecule has 7 N–H and O–H groups in total. The van der Waals surface area contributed by atoms with E-state index in [2.05, 4.69) is 36.8 Å². The highest BCUT2D eigenvalue weighted by Gasteiger charge is 2.42. The van der Waals surface area contributed by atoms with E-state index in [0.717, 1.165) is 50.7 Å². The number of carbonyl (C=O) groups is 4. The Hall–Kier alpha value is -2.57. The topological polar surface area (TPSA) is 216 Å². The normalized spacial score (nSPS) is 20.7. The lowest BCUT2D eigenvalue weighted by atomic mass is 10.0. The van der Waals surface area contributed by atoms with Crippen molar-refractivity contribution in [3.8, 4) is 0 Å². The smallest absolute Gasteiger partial charge is 0.315 e. The molecule has 0 bridgehead atoms. The second-order valence-corrected chi connectivity index (χ2v) is 13.9. The van der Waals surface area contributed by atoms with Crippen LogP contribution in [0.1, 0.15) is 71.1 Å². The standard InChI is InChI=1S/C32H58N8O8S/c1-32(39-40-32)11-6-13-35-30(43)24(7-4-5-12-33)36-28(42)10-15-45-17-19-47-21-22-48-20-18-46-16-14-34-27(41)9-3-2-8-26-29-25(23-49-26)37-31(44)38-29/h24-26,29H,2-23,33H2,1H3,(H,34,41)(H,35,43)(H,36,42)(H2,37,38,44)/t24-,25-,26-,29-/m0/s1. The molecule has 0 saturated carbocycles. The fraction of sp³-hybridized carbons (Fsp3) is 0.875. The van der Waals surface area contributed by atoms with Gasteiger partial charge in [0.15, 0.2) is 5.66 Å². The molecule has 3 heterocycles. The second-order valence-electron chi connectivity index (χ2n) is 12.6. The molecule has 0 aromatic heterocycles. The van der Waals surface area contributed by atoms with Crippen molar-refractivity contribution in [2.75, 3.05) is 78.2 Å². The lowest BCUT2D eigenvalue weighted by molar-refractivity contribution is -0.129. The third-order valence-corrected chi connectivity index (χ3v) is 9.91. The molecule has 2 saturated heterocycles. The van der Waals surface area contributed by atoms with E-state index in [1.54, 1.807) is 0 Å². The number of fused-ring (bicyclic) bond motifs is 1. The zero-order chi connectivity index (χ0) is 35.2. The van der Waals surface area contributed by atoms with Gasteiger partial charge in [0.25, 0.3) is 0 Å². The molecule has 0 radical (unpaired) electrons. The highest BCUT2D eigenvalue weighted by Crippen LogP contribution is 2.33. The largest absolute Gasteiger partial charge is 0.379 e. The van der Waals surface area contributed by atoms with Crippen LogP contribution in [0, 0.1) is 0 Å². The number of hydrogen-bond donors (Lipinski definition) is 6. The van der Waals surface area contributed by atoms with Gasteiger partial charge >= 0.3 is 6.03 Å². The lowest BCUT2D eigenvalue weighted by Crippen LogP contribution is -2.47. The van der Waals surface area contributed by atoms with Crippen LogP contribution in [0.2, 0.25) is 0 Å². The Morgan fingerprint density at radius 1 is 0.857 bits per heavy atom. The molecular formula is C32H58N8O8S. The summed E-state index contributed by atoms with van der Waals surface area (Å²) in [6.45, 7) is 6.52. The average molecular weight is 715 g/mol. The van der Waals surface area contributed by atoms with Crippen LogP contribution in [0.4, 0.5) is 4.79 Å². The number of hydrogen-bond acceptors (Lipinski definition) is 12. The maximum atomic E-state index is 12.6. The summed E-state index contributed by atoms with van der Waals surface area (Å²) in [4.78, 5) is 48.6. The van der Waals surface area contributed by atoms with Gasteiger partial charge in [-0.25, -0.2) is 4.79 Å². The number of urea groups is 1. The van der Waals surface area contributed by atoms with Crippen LogP contribution in [-0.4, -0.2) is 131 Å². The van der Waals surface area contributed by atoms with Crippen LogP contribution in [0.5, 0.6) is 0 Å². The van der Waals surface area contributed by atoms with Crippen molar-refractivity contribution < 1.29 is 38.1 Å². The summed E-state index contributed by atoms with van der Waals surface area (Å²) in [7, 11) is 0. The van der Waals surface area contributed by atoms with Crippen LogP contribution in [-0.2, 0) is 33.3 Å². The summed E-state index contributed by atoms with van der Waals surface area (Å²) in [5, 5.41) is 22.9. The van der Waals surface area contributed by atoms with Crippen LogP contribution < -0.4 is 32.3 Å². The van der Waals surface area contributed by atoms with Crippen LogP contribution >= 0.6 is 11.8 Å². The van der Waals surface area contributed by atoms with Crippen molar-refractivity contribution in [2.45, 2.75) is 100 Å². The zero-order valence-electron chi connectivity index (χ0n) is 29.0. The minimum absolute atomic E-state index is 0.0263. The summed E-state index contributed by atoms with van der Waals surface area (Å²) in [5.41, 5.74) is 5.30. The van der Waals surface area contributed by atoms with Crippen LogP contribution in [0.3, 0.4) is 0 Å². The molecule has 280 valence electrons. The predicted molar refractivity (Wildman–Crippen MR) is 185 cm³/mol. The summed E-state index contributed by atoms with van der Waals surface area (Å²) >= 11 is 1.89. The maximum absolute atomic E-state index is 12.6. The number of amides is 5. The van der Waals surface area contributed by atoms with Crippen molar-refractivity contribution >= 4 is 35.5 Å². The molecule has 2 fully saturated rings. The number of ether oxygens (including phenoxy) is 4. The first-order chi connectivity index (χ1) is 23.8. The first-order valence-corrected chi connectivity index (χ1v) is 18.8. The first kappa shape index (κ1) is 40.9. The number of nitrogens with one attached hydrogen (secondary N) is 5. The number of thioether (sulfide) groups is 1. The Kier molecular flexibility index (Phi) is 19.8. The van der Waals surface area contributed by atoms with E-state index in [-0.39, 0.29) is 54.5 Å². The molecule has 0 aromatic carbocycles. The number of nitrogens with zero attached hydrogens (tertiary/aromatic N) is 2. The first-order valence-electron chi connectivity index (χ1n) is 17.8. The molecule has 3 rings (SSSR count). The van der Waals surface area contributed by atoms with E-state index >= 15 is 0 Å². The van der Waals surface area contributed by atoms with E-state index in [4.69, 9.17) is 24.7 Å². The summed E-state index contributed by atoms with van der Waals surface area (Å²) in [6.07, 6.45) is 7.05. The molecule has 4 atom stereocenters. The van der Waals surface area contributed by atoms with Gasteiger partial charge in [-0.15, -0.1) is 0 Å². The van der Waals surface area contributed by atoms with Crippen molar-refractivity contribution in [3.63, 3.8) is 0 Å². The molecule has 17 heteroatoms. The predicted octanol–water partition coefficient (Wildman–Crippen LogP) is 0.977. The van der Waals surface area contributed by atoms with E-state index in [9.17, 15) is 19.2 Å². The maximum Gasteiger partial charge on any atom is 0.315 e. The van der Waals surface area contributed by atoms with Gasteiger partial charge in [-0.05, 0) is 58.4 Å². The highest BCUT2D eigenvalue weighted by molar-refractivity contribution is 8.00. The summed E-state index contributed by atoms with van der Waals surface area (Å²) < 4.78 is 22.0. The Morgan fingerprint density at radius 2 is 1.55 bits per heavy atom. The van der Waals surface area contributed by atoms with Gasteiger partial charge in [0.2, 0.25) is 17.7 Å². The SMILES string of the molecule is CC1(CCCNC(=O)[C@H](CCCCN)NC(=O)CCOCCOCCOCCOCCNC(=O)CCCC[C@@H]2SC[C@@H]3NC(=O)N[C@@H]32)N=N1. The molecule has 3 aliphatic heterocycles. The van der Waals surface area contributed by atoms with Crippen molar-refractivity contribution in [1.82, 2.24) is 26.6 Å². The molecule has 0 unspecified atom stereocenters. The van der Waals surface area contributed by atoms with Gasteiger partial charge < -0.3 is 51.3 Å². The summed E-state index contributed by atoms with van der Waals surface area (Å²) in [6, 6.07) is -0.219. The third-order valence-electron chi connectivity index (χ3n) is 8.41. The number of nitrogens with two attached hydrogens (primary N) is 1. The molecule has 0 aliphatic carbocycles. The van der Waals surface area contributed by atoms with E-state index in [1.165, 1.54) is 0 Å². The number of rotatable bonds is 30. The quantitative estimate of drug-likeness (QED) is 0.0458. The minimum atomic E-state index is -0.599. The molecule has 0 spiro atoms. The van der Waals surface area contributed by atoms with E-state index < -0.39 is 6.04 Å². The molecule has 49 heavy (non-hydrogen) atoms. The van der Waals surface area contributed by atoms with Gasteiger partial charge in [0.05, 0.1) is 64.9 Å². The summed E-state index contributed by atoms with van der Waals surface area (Å²) in [5.74, 6) is 0.547. The average Bonchev–Trinajstić information content (AvgIpc) is 3.53. The highest BCUT2D eigenvalue weighted by atomic mass is 32.2. The molecule has 5 amide bonds. The molecule has 0 aromatic rings. The molecule has 3 aliphatic rings. The van der Waals surface area contributed by atoms with Crippen molar-refractivity contribution in [1.29, 1.82) is 0 Å².